The number of benzene rings is 1. The highest BCUT2D eigenvalue weighted by Crippen LogP contribution is 2.32. The van der Waals surface area contributed by atoms with Crippen LogP contribution >= 0.6 is 0 Å². The van der Waals surface area contributed by atoms with Gasteiger partial charge in [-0.1, -0.05) is 38.0 Å². The third kappa shape index (κ3) is 3.83. The zero-order valence-corrected chi connectivity index (χ0v) is 13.4. The van der Waals surface area contributed by atoms with Crippen LogP contribution in [0.5, 0.6) is 0 Å². The number of rotatable bonds is 4. The van der Waals surface area contributed by atoms with Gasteiger partial charge in [0, 0.05) is 12.6 Å². The van der Waals surface area contributed by atoms with E-state index in [-0.39, 0.29) is 6.04 Å². The summed E-state index contributed by atoms with van der Waals surface area (Å²) < 4.78 is 0. The van der Waals surface area contributed by atoms with Crippen molar-refractivity contribution in [2.45, 2.75) is 65.0 Å². The molecule has 20 heavy (non-hydrogen) atoms. The average molecular weight is 275 g/mol. The molecule has 1 aromatic carbocycles. The van der Waals surface area contributed by atoms with Crippen LogP contribution in [-0.4, -0.2) is 17.3 Å². The second kappa shape index (κ2) is 6.28. The van der Waals surface area contributed by atoms with Crippen molar-refractivity contribution in [2.75, 3.05) is 6.54 Å². The van der Waals surface area contributed by atoms with E-state index in [0.29, 0.717) is 12.5 Å². The smallest absolute Gasteiger partial charge is 0.0774 e. The van der Waals surface area contributed by atoms with Gasteiger partial charge in [-0.05, 0) is 56.2 Å². The molecule has 1 aliphatic rings. The van der Waals surface area contributed by atoms with Crippen molar-refractivity contribution >= 4 is 0 Å². The summed E-state index contributed by atoms with van der Waals surface area (Å²) in [5.74, 6) is 0.646. The predicted molar refractivity (Wildman–Crippen MR) is 84.9 cm³/mol. The number of hydrogen-bond donors (Lipinski definition) is 2. The number of hydrogen-bond acceptors (Lipinski definition) is 2. The molecular formula is C18H29NO. The van der Waals surface area contributed by atoms with Crippen LogP contribution in [0.2, 0.25) is 0 Å². The van der Waals surface area contributed by atoms with E-state index in [1.807, 2.05) is 0 Å². The second-order valence-electron chi connectivity index (χ2n) is 6.87. The van der Waals surface area contributed by atoms with E-state index in [1.165, 1.54) is 23.1 Å². The van der Waals surface area contributed by atoms with Crippen LogP contribution in [0.25, 0.3) is 0 Å². The molecule has 0 aromatic heterocycles. The maximum absolute atomic E-state index is 10.7. The van der Waals surface area contributed by atoms with Gasteiger partial charge in [0.05, 0.1) is 5.60 Å². The molecule has 0 amide bonds. The molecule has 2 nitrogen and oxygen atoms in total. The Hall–Kier alpha value is -0.860. The molecule has 1 saturated carbocycles. The summed E-state index contributed by atoms with van der Waals surface area (Å²) in [6.45, 7) is 9.42. The molecule has 2 heteroatoms. The van der Waals surface area contributed by atoms with Crippen LogP contribution in [0.1, 0.15) is 62.3 Å². The van der Waals surface area contributed by atoms with Crippen LogP contribution in [-0.2, 0) is 0 Å². The maximum atomic E-state index is 10.7. The van der Waals surface area contributed by atoms with E-state index in [2.05, 4.69) is 51.2 Å². The summed E-state index contributed by atoms with van der Waals surface area (Å²) in [7, 11) is 0. The molecule has 3 atom stereocenters. The molecule has 0 aliphatic heterocycles. The lowest BCUT2D eigenvalue weighted by molar-refractivity contribution is -0.0134. The molecule has 1 aromatic rings. The Morgan fingerprint density at radius 2 is 2.10 bits per heavy atom. The summed E-state index contributed by atoms with van der Waals surface area (Å²) >= 11 is 0. The van der Waals surface area contributed by atoms with Gasteiger partial charge in [-0.25, -0.2) is 0 Å². The first-order chi connectivity index (χ1) is 9.39. The maximum Gasteiger partial charge on any atom is 0.0774 e. The van der Waals surface area contributed by atoms with Crippen molar-refractivity contribution in [3.8, 4) is 0 Å². The Bertz CT molecular complexity index is 457. The summed E-state index contributed by atoms with van der Waals surface area (Å²) in [6, 6.07) is 6.91. The molecule has 0 saturated heterocycles. The summed E-state index contributed by atoms with van der Waals surface area (Å²) in [5, 5.41) is 14.2. The van der Waals surface area contributed by atoms with Gasteiger partial charge in [0.2, 0.25) is 0 Å². The van der Waals surface area contributed by atoms with Crippen LogP contribution in [0, 0.1) is 19.8 Å². The predicted octanol–water partition coefficient (Wildman–Crippen LogP) is 3.90. The molecule has 1 aliphatic carbocycles. The lowest BCUT2D eigenvalue weighted by Crippen LogP contribution is -2.44. The first kappa shape index (κ1) is 15.5. The number of nitrogens with one attached hydrogen (secondary N) is 1. The minimum absolute atomic E-state index is 0.288. The first-order valence-electron chi connectivity index (χ1n) is 7.92. The molecule has 1 fully saturated rings. The van der Waals surface area contributed by atoms with Crippen LogP contribution in [0.4, 0.5) is 0 Å². The molecule has 112 valence electrons. The lowest BCUT2D eigenvalue weighted by Gasteiger charge is -2.36. The van der Waals surface area contributed by atoms with E-state index in [4.69, 9.17) is 0 Å². The van der Waals surface area contributed by atoms with Crippen molar-refractivity contribution in [1.29, 1.82) is 0 Å². The van der Waals surface area contributed by atoms with E-state index in [1.54, 1.807) is 0 Å². The van der Waals surface area contributed by atoms with Gasteiger partial charge in [-0.2, -0.15) is 0 Å². The molecule has 0 spiro atoms. The van der Waals surface area contributed by atoms with Gasteiger partial charge >= 0.3 is 0 Å². The van der Waals surface area contributed by atoms with Gasteiger partial charge in [-0.15, -0.1) is 0 Å². The SMILES string of the molecule is Cc1ccc(C(C)NCC2(O)CCCC(C)C2)cc1C. The summed E-state index contributed by atoms with van der Waals surface area (Å²) in [5.41, 5.74) is 3.47. The Morgan fingerprint density at radius 3 is 2.75 bits per heavy atom. The van der Waals surface area contributed by atoms with Gasteiger partial charge < -0.3 is 10.4 Å². The zero-order valence-electron chi connectivity index (χ0n) is 13.4. The van der Waals surface area contributed by atoms with Gasteiger partial charge in [-0.3, -0.25) is 0 Å². The molecule has 0 bridgehead atoms. The van der Waals surface area contributed by atoms with Crippen LogP contribution in [0.15, 0.2) is 18.2 Å². The molecular weight excluding hydrogens is 246 g/mol. The average Bonchev–Trinajstić information content (AvgIpc) is 2.39. The molecule has 0 radical (unpaired) electrons. The Kier molecular flexibility index (Phi) is 4.87. The van der Waals surface area contributed by atoms with Crippen molar-refractivity contribution in [1.82, 2.24) is 5.32 Å². The summed E-state index contributed by atoms with van der Waals surface area (Å²) in [6.07, 6.45) is 4.27. The second-order valence-corrected chi connectivity index (χ2v) is 6.87. The van der Waals surface area contributed by atoms with Gasteiger partial charge in [0.1, 0.15) is 0 Å². The normalized spacial score (nSPS) is 28.4. The fourth-order valence-corrected chi connectivity index (χ4v) is 3.29. The minimum atomic E-state index is -0.508. The Balaban J connectivity index is 1.94. The lowest BCUT2D eigenvalue weighted by atomic mass is 9.79. The molecule has 0 heterocycles. The minimum Gasteiger partial charge on any atom is -0.389 e. The quantitative estimate of drug-likeness (QED) is 0.873. The molecule has 2 N–H and O–H groups in total. The van der Waals surface area contributed by atoms with E-state index in [0.717, 1.165) is 19.3 Å². The monoisotopic (exact) mass is 275 g/mol. The summed E-state index contributed by atoms with van der Waals surface area (Å²) in [4.78, 5) is 0. The Morgan fingerprint density at radius 1 is 1.35 bits per heavy atom. The Labute approximate surface area is 123 Å². The van der Waals surface area contributed by atoms with Gasteiger partial charge in [0.15, 0.2) is 0 Å². The van der Waals surface area contributed by atoms with Crippen LogP contribution in [0.3, 0.4) is 0 Å². The fraction of sp³-hybridized carbons (Fsp3) is 0.667. The highest BCUT2D eigenvalue weighted by molar-refractivity contribution is 5.31. The van der Waals surface area contributed by atoms with E-state index in [9.17, 15) is 5.11 Å². The van der Waals surface area contributed by atoms with Crippen molar-refractivity contribution in [3.63, 3.8) is 0 Å². The van der Waals surface area contributed by atoms with Gasteiger partial charge in [0.25, 0.3) is 0 Å². The highest BCUT2D eigenvalue weighted by Gasteiger charge is 2.32. The van der Waals surface area contributed by atoms with Crippen molar-refractivity contribution < 1.29 is 5.11 Å². The third-order valence-electron chi connectivity index (χ3n) is 4.84. The number of aryl methyl sites for hydroxylation is 2. The highest BCUT2D eigenvalue weighted by atomic mass is 16.3. The van der Waals surface area contributed by atoms with Crippen LogP contribution < -0.4 is 5.32 Å². The topological polar surface area (TPSA) is 32.3 Å². The first-order valence-corrected chi connectivity index (χ1v) is 7.92. The fourth-order valence-electron chi connectivity index (χ4n) is 3.29. The largest absolute Gasteiger partial charge is 0.389 e. The van der Waals surface area contributed by atoms with E-state index >= 15 is 0 Å². The van der Waals surface area contributed by atoms with Crippen molar-refractivity contribution in [3.05, 3.63) is 34.9 Å². The van der Waals surface area contributed by atoms with Crippen molar-refractivity contribution in [2.24, 2.45) is 5.92 Å². The molecule has 3 unspecified atom stereocenters. The van der Waals surface area contributed by atoms with E-state index < -0.39 is 5.60 Å². The standard InChI is InChI=1S/C18H29NO/c1-13-6-5-9-18(20,11-13)12-19-16(4)17-8-7-14(2)15(3)10-17/h7-8,10,13,16,19-20H,5-6,9,11-12H2,1-4H3. The zero-order chi connectivity index (χ0) is 14.8. The number of aliphatic hydroxyl groups is 1. The third-order valence-corrected chi connectivity index (χ3v) is 4.84. The molecule has 2 rings (SSSR count).